The van der Waals surface area contributed by atoms with E-state index in [4.69, 9.17) is 4.74 Å². The normalized spacial score (nSPS) is 15.3. The monoisotopic (exact) mass is 507 g/mol. The Morgan fingerprint density at radius 1 is 0.919 bits per heavy atom. The van der Waals surface area contributed by atoms with Crippen molar-refractivity contribution in [2.24, 2.45) is 0 Å². The summed E-state index contributed by atoms with van der Waals surface area (Å²) in [4.78, 5) is 41.8. The lowest BCUT2D eigenvalue weighted by molar-refractivity contribution is -0.124. The number of nitrogens with zero attached hydrogens (tertiary/aromatic N) is 2. The molecule has 3 aromatic rings. The van der Waals surface area contributed by atoms with Gasteiger partial charge in [-0.05, 0) is 79.1 Å². The number of amides is 4. The van der Waals surface area contributed by atoms with Crippen molar-refractivity contribution in [2.45, 2.75) is 32.2 Å². The highest BCUT2D eigenvalue weighted by molar-refractivity contribution is 6.22. The van der Waals surface area contributed by atoms with E-state index in [-0.39, 0.29) is 24.5 Å². The summed E-state index contributed by atoms with van der Waals surface area (Å²) in [7, 11) is 0. The van der Waals surface area contributed by atoms with Gasteiger partial charge in [-0.15, -0.1) is 0 Å². The minimum Gasteiger partial charge on any atom is -0.494 e. The molecule has 1 fully saturated rings. The predicted molar refractivity (Wildman–Crippen MR) is 135 cm³/mol. The number of hydrogen-bond donors (Lipinski definition) is 1. The molecule has 0 aromatic heterocycles. The topological polar surface area (TPSA) is 79.0 Å². The Hall–Kier alpha value is -4.27. The van der Waals surface area contributed by atoms with Crippen molar-refractivity contribution < 1.29 is 27.9 Å². The summed E-state index contributed by atoms with van der Waals surface area (Å²) >= 11 is 0. The van der Waals surface area contributed by atoms with Gasteiger partial charge in [-0.2, -0.15) is 0 Å². The first-order valence-corrected chi connectivity index (χ1v) is 12.0. The fourth-order valence-electron chi connectivity index (χ4n) is 4.06. The summed E-state index contributed by atoms with van der Waals surface area (Å²) in [5.74, 6) is -1.22. The molecule has 1 saturated heterocycles. The molecule has 1 aliphatic heterocycles. The van der Waals surface area contributed by atoms with Gasteiger partial charge in [0, 0.05) is 12.2 Å². The number of ether oxygens (including phenoxy) is 1. The fourth-order valence-corrected chi connectivity index (χ4v) is 4.06. The van der Waals surface area contributed by atoms with Crippen molar-refractivity contribution in [1.29, 1.82) is 0 Å². The first kappa shape index (κ1) is 25.8. The Bertz CT molecular complexity index is 1250. The van der Waals surface area contributed by atoms with Crippen molar-refractivity contribution in [1.82, 2.24) is 4.90 Å². The average Bonchev–Trinajstić information content (AvgIpc) is 3.12. The third kappa shape index (κ3) is 6.30. The summed E-state index contributed by atoms with van der Waals surface area (Å²) < 4.78 is 32.3. The minimum atomic E-state index is -1.05. The number of hydrogen-bond acceptors (Lipinski definition) is 4. The Kier molecular flexibility index (Phi) is 8.12. The second kappa shape index (κ2) is 11.6. The quantitative estimate of drug-likeness (QED) is 0.385. The second-order valence-corrected chi connectivity index (χ2v) is 8.64. The SMILES string of the molecule is CCCOc1ccc(NC(=O)CC2C(=O)N(c3ccc(F)cc3)C(=O)N2CCc2ccc(F)cc2)cc1. The first-order valence-electron chi connectivity index (χ1n) is 12.0. The Labute approximate surface area is 213 Å². The van der Waals surface area contributed by atoms with E-state index >= 15 is 0 Å². The van der Waals surface area contributed by atoms with Crippen LogP contribution in [-0.2, 0) is 16.0 Å². The van der Waals surface area contributed by atoms with Crippen LogP contribution in [0.2, 0.25) is 0 Å². The molecule has 0 radical (unpaired) electrons. The van der Waals surface area contributed by atoms with Crippen molar-refractivity contribution in [3.8, 4) is 5.75 Å². The van der Waals surface area contributed by atoms with E-state index in [1.165, 1.54) is 29.2 Å². The van der Waals surface area contributed by atoms with Crippen molar-refractivity contribution in [3.63, 3.8) is 0 Å². The van der Waals surface area contributed by atoms with E-state index in [2.05, 4.69) is 5.32 Å². The molecule has 1 N–H and O–H groups in total. The number of carbonyl (C=O) groups excluding carboxylic acids is 3. The Morgan fingerprint density at radius 2 is 1.54 bits per heavy atom. The van der Waals surface area contributed by atoms with Crippen LogP contribution in [0.4, 0.5) is 25.0 Å². The molecule has 3 aromatic carbocycles. The fraction of sp³-hybridized carbons (Fsp3) is 0.250. The van der Waals surface area contributed by atoms with Crippen molar-refractivity contribution in [2.75, 3.05) is 23.4 Å². The third-order valence-corrected chi connectivity index (χ3v) is 5.95. The molecule has 0 saturated carbocycles. The lowest BCUT2D eigenvalue weighted by Gasteiger charge is -2.21. The standard InChI is InChI=1S/C28H27F2N3O4/c1-2-17-37-24-13-9-22(10-14-24)31-26(34)18-25-27(35)33(23-11-7-21(30)8-12-23)28(36)32(25)16-15-19-3-5-20(29)6-4-19/h3-14,25H,2,15-18H2,1H3,(H,31,34). The molecule has 0 aliphatic carbocycles. The zero-order valence-electron chi connectivity index (χ0n) is 20.3. The van der Waals surface area contributed by atoms with Gasteiger partial charge < -0.3 is 15.0 Å². The molecule has 192 valence electrons. The third-order valence-electron chi connectivity index (χ3n) is 5.95. The number of carbonyl (C=O) groups is 3. The van der Waals surface area contributed by atoms with Crippen LogP contribution in [0.3, 0.4) is 0 Å². The van der Waals surface area contributed by atoms with Gasteiger partial charge in [-0.25, -0.2) is 18.5 Å². The first-order chi connectivity index (χ1) is 17.9. The number of rotatable bonds is 10. The van der Waals surface area contributed by atoms with E-state index in [0.29, 0.717) is 24.5 Å². The summed E-state index contributed by atoms with van der Waals surface area (Å²) in [6.07, 6.45) is 0.965. The molecule has 9 heteroatoms. The zero-order valence-corrected chi connectivity index (χ0v) is 20.3. The Balaban J connectivity index is 1.50. The van der Waals surface area contributed by atoms with Crippen molar-refractivity contribution >= 4 is 29.2 Å². The maximum absolute atomic E-state index is 13.4. The summed E-state index contributed by atoms with van der Waals surface area (Å²) in [5.41, 5.74) is 1.52. The van der Waals surface area contributed by atoms with Gasteiger partial charge in [0.2, 0.25) is 5.91 Å². The molecule has 1 aliphatic rings. The summed E-state index contributed by atoms with van der Waals surface area (Å²) in [5, 5.41) is 2.76. The highest BCUT2D eigenvalue weighted by atomic mass is 19.1. The smallest absolute Gasteiger partial charge is 0.332 e. The van der Waals surface area contributed by atoms with Gasteiger partial charge in [-0.3, -0.25) is 9.59 Å². The molecule has 1 unspecified atom stereocenters. The lowest BCUT2D eigenvalue weighted by atomic mass is 10.1. The average molecular weight is 508 g/mol. The zero-order chi connectivity index (χ0) is 26.4. The molecular formula is C28H27F2N3O4. The minimum absolute atomic E-state index is 0.134. The molecule has 37 heavy (non-hydrogen) atoms. The molecule has 1 atom stereocenters. The van der Waals surface area contributed by atoms with Crippen LogP contribution in [0.1, 0.15) is 25.3 Å². The number of halogens is 2. The highest BCUT2D eigenvalue weighted by Crippen LogP contribution is 2.28. The predicted octanol–water partition coefficient (Wildman–Crippen LogP) is 5.16. The van der Waals surface area contributed by atoms with Crippen LogP contribution < -0.4 is 15.0 Å². The van der Waals surface area contributed by atoms with Gasteiger partial charge in [0.1, 0.15) is 23.4 Å². The largest absolute Gasteiger partial charge is 0.494 e. The van der Waals surface area contributed by atoms with Crippen LogP contribution in [0.15, 0.2) is 72.8 Å². The number of nitrogens with one attached hydrogen (secondary N) is 1. The Morgan fingerprint density at radius 3 is 2.16 bits per heavy atom. The van der Waals surface area contributed by atoms with Crippen LogP contribution in [0, 0.1) is 11.6 Å². The number of urea groups is 1. The van der Waals surface area contributed by atoms with E-state index in [1.807, 2.05) is 6.92 Å². The van der Waals surface area contributed by atoms with E-state index in [9.17, 15) is 23.2 Å². The van der Waals surface area contributed by atoms with Gasteiger partial charge in [0.25, 0.3) is 5.91 Å². The summed E-state index contributed by atoms with van der Waals surface area (Å²) in [6.45, 7) is 2.72. The second-order valence-electron chi connectivity index (χ2n) is 8.64. The molecular weight excluding hydrogens is 480 g/mol. The van der Waals surface area contributed by atoms with E-state index in [1.54, 1.807) is 36.4 Å². The van der Waals surface area contributed by atoms with Crippen LogP contribution in [0.25, 0.3) is 0 Å². The van der Waals surface area contributed by atoms with E-state index in [0.717, 1.165) is 29.0 Å². The summed E-state index contributed by atoms with van der Waals surface area (Å²) in [6, 6.07) is 16.1. The van der Waals surface area contributed by atoms with Gasteiger partial charge >= 0.3 is 6.03 Å². The van der Waals surface area contributed by atoms with Gasteiger partial charge in [0.05, 0.1) is 18.7 Å². The molecule has 0 spiro atoms. The maximum atomic E-state index is 13.4. The van der Waals surface area contributed by atoms with Gasteiger partial charge in [-0.1, -0.05) is 19.1 Å². The van der Waals surface area contributed by atoms with E-state index < -0.39 is 29.7 Å². The highest BCUT2D eigenvalue weighted by Gasteiger charge is 2.46. The lowest BCUT2D eigenvalue weighted by Crippen LogP contribution is -2.39. The molecule has 4 amide bonds. The molecule has 0 bridgehead atoms. The van der Waals surface area contributed by atoms with Crippen molar-refractivity contribution in [3.05, 3.63) is 90.0 Å². The number of anilines is 2. The van der Waals surface area contributed by atoms with Crippen LogP contribution >= 0.6 is 0 Å². The van der Waals surface area contributed by atoms with Crippen LogP contribution in [-0.4, -0.2) is 41.9 Å². The number of imide groups is 1. The molecule has 4 rings (SSSR count). The maximum Gasteiger partial charge on any atom is 0.332 e. The molecule has 7 nitrogen and oxygen atoms in total. The number of benzene rings is 3. The van der Waals surface area contributed by atoms with Gasteiger partial charge in [0.15, 0.2) is 0 Å². The molecule has 1 heterocycles. The van der Waals surface area contributed by atoms with Crippen LogP contribution in [0.5, 0.6) is 5.75 Å².